The molecule has 4 unspecified atom stereocenters. The van der Waals surface area contributed by atoms with Gasteiger partial charge in [-0.1, -0.05) is 52.8 Å². The topological polar surface area (TPSA) is 188 Å². The van der Waals surface area contributed by atoms with Crippen molar-refractivity contribution in [2.75, 3.05) is 34.1 Å². The van der Waals surface area contributed by atoms with E-state index in [1.807, 2.05) is 56.0 Å². The summed E-state index contributed by atoms with van der Waals surface area (Å²) < 4.78 is 22.0. The van der Waals surface area contributed by atoms with E-state index in [1.54, 1.807) is 0 Å². The highest BCUT2D eigenvalue weighted by Crippen LogP contribution is 2.54. The third-order valence-electron chi connectivity index (χ3n) is 13.7. The SMILES string of the molecule is COC(=O)N[C@H](C(=O)N1CCC[C@H]1C1(C)NC=C(C2=CC=C(c3ccc(-c4cnc(C56CCC(CN5C(=O)[C@@H](NC(=O)OC)C(C)C)C6)[nH]4)c4c3OCO4)C(C)C2)N1)C(C)C. The van der Waals surface area contributed by atoms with Gasteiger partial charge in [-0.05, 0) is 86.3 Å². The Labute approximate surface area is 357 Å². The van der Waals surface area contributed by atoms with Gasteiger partial charge in [-0.2, -0.15) is 0 Å². The third-order valence-corrected chi connectivity index (χ3v) is 13.7. The minimum Gasteiger partial charge on any atom is -0.453 e. The molecule has 2 saturated heterocycles. The Bertz CT molecular complexity index is 2180. The van der Waals surface area contributed by atoms with Crippen molar-refractivity contribution in [3.05, 3.63) is 59.3 Å². The summed E-state index contributed by atoms with van der Waals surface area (Å²) in [6.07, 6.45) is 12.0. The maximum absolute atomic E-state index is 14.1. The fraction of sp³-hybridized carbons (Fsp3) is 0.578. The second kappa shape index (κ2) is 16.3. The number of imidazole rings is 1. The first-order valence-electron chi connectivity index (χ1n) is 21.6. The predicted molar refractivity (Wildman–Crippen MR) is 227 cm³/mol. The van der Waals surface area contributed by atoms with Gasteiger partial charge in [0.05, 0.1) is 37.8 Å². The van der Waals surface area contributed by atoms with Crippen molar-refractivity contribution in [1.82, 2.24) is 41.0 Å². The van der Waals surface area contributed by atoms with Crippen LogP contribution in [0.15, 0.2) is 48.0 Å². The summed E-state index contributed by atoms with van der Waals surface area (Å²) in [4.78, 5) is 64.5. The summed E-state index contributed by atoms with van der Waals surface area (Å²) in [5, 5.41) is 12.8. The van der Waals surface area contributed by atoms with E-state index in [4.69, 9.17) is 23.9 Å². The molecule has 16 heteroatoms. The minimum absolute atomic E-state index is 0.0964. The monoisotopic (exact) mass is 840 g/mol. The number of piperidine rings is 1. The molecule has 5 heterocycles. The molecule has 4 aliphatic heterocycles. The number of fused-ring (bicyclic) bond motifs is 3. The Morgan fingerprint density at radius 3 is 2.26 bits per heavy atom. The van der Waals surface area contributed by atoms with Crippen LogP contribution in [0.25, 0.3) is 16.8 Å². The molecule has 2 aromatic rings. The quantitative estimate of drug-likeness (QED) is 0.192. The number of allylic oxidation sites excluding steroid dienone is 4. The molecule has 1 aromatic carbocycles. The Balaban J connectivity index is 0.997. The number of rotatable bonds is 11. The molecule has 1 saturated carbocycles. The van der Waals surface area contributed by atoms with Gasteiger partial charge in [-0.3, -0.25) is 9.59 Å². The van der Waals surface area contributed by atoms with E-state index >= 15 is 0 Å². The van der Waals surface area contributed by atoms with Gasteiger partial charge in [0.1, 0.15) is 29.1 Å². The van der Waals surface area contributed by atoms with Gasteiger partial charge >= 0.3 is 12.2 Å². The Morgan fingerprint density at radius 1 is 0.934 bits per heavy atom. The van der Waals surface area contributed by atoms with Crippen molar-refractivity contribution >= 4 is 29.6 Å². The fourth-order valence-corrected chi connectivity index (χ4v) is 10.5. The largest absolute Gasteiger partial charge is 0.453 e. The van der Waals surface area contributed by atoms with Crippen molar-refractivity contribution in [3.8, 4) is 22.8 Å². The number of benzene rings is 1. The molecule has 16 nitrogen and oxygen atoms in total. The Hall–Kier alpha value is -5.67. The highest BCUT2D eigenvalue weighted by atomic mass is 16.7. The van der Waals surface area contributed by atoms with E-state index < -0.39 is 35.5 Å². The summed E-state index contributed by atoms with van der Waals surface area (Å²) in [7, 11) is 2.60. The van der Waals surface area contributed by atoms with Crippen LogP contribution in [0.4, 0.5) is 9.59 Å². The molecule has 4 amide bonds. The molecule has 3 fully saturated rings. The van der Waals surface area contributed by atoms with Crippen LogP contribution in [0.1, 0.15) is 91.5 Å². The number of hydrogen-bond acceptors (Lipinski definition) is 11. The van der Waals surface area contributed by atoms with Gasteiger partial charge in [-0.15, -0.1) is 0 Å². The number of amides is 4. The zero-order valence-corrected chi connectivity index (χ0v) is 36.5. The van der Waals surface area contributed by atoms with Crippen LogP contribution < -0.4 is 30.7 Å². The molecule has 5 N–H and O–H groups in total. The number of likely N-dealkylation sites (tertiary alicyclic amines) is 2. The molecule has 6 aliphatic rings. The lowest BCUT2D eigenvalue weighted by Gasteiger charge is -2.40. The maximum Gasteiger partial charge on any atom is 0.407 e. The lowest BCUT2D eigenvalue weighted by Crippen LogP contribution is -2.64. The first-order chi connectivity index (χ1) is 29.2. The number of nitrogens with one attached hydrogen (secondary N) is 5. The van der Waals surface area contributed by atoms with Crippen LogP contribution in [0.3, 0.4) is 0 Å². The molecule has 328 valence electrons. The normalized spacial score (nSPS) is 27.2. The first-order valence-corrected chi connectivity index (χ1v) is 21.6. The number of aromatic amines is 1. The van der Waals surface area contributed by atoms with Crippen molar-refractivity contribution in [2.24, 2.45) is 23.7 Å². The van der Waals surface area contributed by atoms with Crippen LogP contribution in [-0.2, 0) is 24.6 Å². The summed E-state index contributed by atoms with van der Waals surface area (Å²) in [6.45, 7) is 13.3. The van der Waals surface area contributed by atoms with Crippen LogP contribution in [0, 0.1) is 23.7 Å². The minimum atomic E-state index is -0.716. The van der Waals surface area contributed by atoms with Gasteiger partial charge in [0.15, 0.2) is 11.5 Å². The van der Waals surface area contributed by atoms with Crippen LogP contribution in [0.5, 0.6) is 11.5 Å². The number of carbonyl (C=O) groups excluding carboxylic acids is 4. The lowest BCUT2D eigenvalue weighted by molar-refractivity contribution is -0.140. The van der Waals surface area contributed by atoms with Crippen molar-refractivity contribution in [3.63, 3.8) is 0 Å². The van der Waals surface area contributed by atoms with E-state index in [0.717, 1.165) is 78.0 Å². The lowest BCUT2D eigenvalue weighted by atomic mass is 9.83. The zero-order chi connectivity index (χ0) is 43.4. The maximum atomic E-state index is 14.1. The zero-order valence-electron chi connectivity index (χ0n) is 36.5. The van der Waals surface area contributed by atoms with Gasteiger partial charge in [0, 0.05) is 30.4 Å². The highest BCUT2D eigenvalue weighted by molar-refractivity contribution is 5.88. The van der Waals surface area contributed by atoms with Gasteiger partial charge in [0.25, 0.3) is 0 Å². The number of aromatic nitrogens is 2. The number of hydrogen-bond donors (Lipinski definition) is 5. The average molecular weight is 841 g/mol. The fourth-order valence-electron chi connectivity index (χ4n) is 10.5. The Kier molecular flexibility index (Phi) is 11.2. The third kappa shape index (κ3) is 7.45. The smallest absolute Gasteiger partial charge is 0.407 e. The first kappa shape index (κ1) is 42.0. The van der Waals surface area contributed by atoms with Crippen molar-refractivity contribution in [2.45, 2.75) is 109 Å². The molecule has 1 aromatic heterocycles. The molecule has 7 atom stereocenters. The van der Waals surface area contributed by atoms with Crippen LogP contribution in [-0.4, -0.2) is 102 Å². The number of ether oxygens (including phenoxy) is 4. The van der Waals surface area contributed by atoms with Gasteiger partial charge in [0.2, 0.25) is 18.6 Å². The molecule has 2 aliphatic carbocycles. The molecule has 0 spiro atoms. The second-order valence-corrected chi connectivity index (χ2v) is 18.3. The Morgan fingerprint density at radius 2 is 1.61 bits per heavy atom. The van der Waals surface area contributed by atoms with Crippen LogP contribution in [0.2, 0.25) is 0 Å². The second-order valence-electron chi connectivity index (χ2n) is 18.3. The summed E-state index contributed by atoms with van der Waals surface area (Å²) in [5.74, 6) is 2.11. The van der Waals surface area contributed by atoms with Gasteiger partial charge < -0.3 is 55.0 Å². The average Bonchev–Trinajstić information content (AvgIpc) is 4.11. The summed E-state index contributed by atoms with van der Waals surface area (Å²) in [6, 6.07) is 2.60. The van der Waals surface area contributed by atoms with E-state index in [-0.39, 0.29) is 42.4 Å². The number of methoxy groups -OCH3 is 2. The standard InChI is InChI=1S/C45H60N8O8/c1-24(2)35(49-42(56)58-7)39(54)52-17-9-10-34(52)44(6)47-21-32(51-44)28-11-12-29(26(5)18-28)30-13-14-31(38-37(30)60-23-61-38)33-20-46-41(48-33)45-16-15-27(19-45)22-53(45)40(55)36(25(3)4)50-43(57)59-8/h11-14,20-21,24-27,34-36,47,51H,9-10,15-19,22-23H2,1-8H3,(H,46,48)(H,49,56)(H,50,57)/t26?,27?,34-,35-,36-,44?,45?/m0/s1. The van der Waals surface area contributed by atoms with E-state index in [2.05, 4.69) is 58.3 Å². The molecule has 2 bridgehead atoms. The number of alkyl carbamates (subject to hydrolysis) is 2. The van der Waals surface area contributed by atoms with Crippen LogP contribution >= 0.6 is 0 Å². The molecule has 8 rings (SSSR count). The molecular formula is C45H60N8O8. The molecule has 0 radical (unpaired) electrons. The van der Waals surface area contributed by atoms with E-state index in [0.29, 0.717) is 30.5 Å². The van der Waals surface area contributed by atoms with E-state index in [9.17, 15) is 19.2 Å². The number of carbonyl (C=O) groups is 4. The predicted octanol–water partition coefficient (Wildman–Crippen LogP) is 5.50. The molecular weight excluding hydrogens is 781 g/mol. The van der Waals surface area contributed by atoms with E-state index in [1.165, 1.54) is 14.2 Å². The number of H-pyrrole nitrogens is 1. The highest BCUT2D eigenvalue weighted by Gasteiger charge is 2.56. The number of nitrogens with zero attached hydrogens (tertiary/aromatic N) is 3. The summed E-state index contributed by atoms with van der Waals surface area (Å²) >= 11 is 0. The van der Waals surface area contributed by atoms with Crippen molar-refractivity contribution < 1.29 is 38.1 Å². The van der Waals surface area contributed by atoms with Crippen molar-refractivity contribution in [1.29, 1.82) is 0 Å². The van der Waals surface area contributed by atoms with Gasteiger partial charge in [-0.25, -0.2) is 14.6 Å². The molecule has 61 heavy (non-hydrogen) atoms. The summed E-state index contributed by atoms with van der Waals surface area (Å²) in [5.41, 5.74) is 4.66.